The Kier molecular flexibility index (Phi) is 4.68. The van der Waals surface area contributed by atoms with Crippen molar-refractivity contribution in [3.05, 3.63) is 29.3 Å². The molecule has 0 saturated heterocycles. The van der Waals surface area contributed by atoms with Gasteiger partial charge in [-0.25, -0.2) is 0 Å². The van der Waals surface area contributed by atoms with E-state index in [4.69, 9.17) is 11.6 Å². The predicted molar refractivity (Wildman–Crippen MR) is 66.6 cm³/mol. The van der Waals surface area contributed by atoms with Gasteiger partial charge in [0, 0.05) is 21.1 Å². The lowest BCUT2D eigenvalue weighted by Gasteiger charge is -2.19. The van der Waals surface area contributed by atoms with Gasteiger partial charge in [-0.1, -0.05) is 25.4 Å². The molecule has 0 heterocycles. The standard InChI is InChI=1S/C12H15ClOS/c1-3-12(2,8-14)9-15-11-6-4-10(13)5-7-11/h4-8H,3,9H2,1-2H3. The zero-order chi connectivity index (χ0) is 11.3. The topological polar surface area (TPSA) is 17.1 Å². The molecule has 0 aliphatic carbocycles. The highest BCUT2D eigenvalue weighted by Crippen LogP contribution is 2.29. The lowest BCUT2D eigenvalue weighted by atomic mass is 9.92. The number of rotatable bonds is 5. The first kappa shape index (κ1) is 12.6. The number of thioether (sulfide) groups is 1. The van der Waals surface area contributed by atoms with Gasteiger partial charge in [0.05, 0.1) is 0 Å². The molecule has 0 fully saturated rings. The van der Waals surface area contributed by atoms with Gasteiger partial charge in [-0.3, -0.25) is 0 Å². The number of aldehydes is 1. The number of carbonyl (C=O) groups is 1. The lowest BCUT2D eigenvalue weighted by molar-refractivity contribution is -0.114. The molecule has 1 unspecified atom stereocenters. The SMILES string of the molecule is CCC(C)(C=O)CSc1ccc(Cl)cc1. The summed E-state index contributed by atoms with van der Waals surface area (Å²) in [5.74, 6) is 0.814. The van der Waals surface area contributed by atoms with Gasteiger partial charge < -0.3 is 4.79 Å². The Hall–Kier alpha value is -0.470. The molecule has 0 bridgehead atoms. The molecular weight excluding hydrogens is 228 g/mol. The highest BCUT2D eigenvalue weighted by molar-refractivity contribution is 7.99. The number of benzene rings is 1. The van der Waals surface area contributed by atoms with Crippen LogP contribution in [0.5, 0.6) is 0 Å². The summed E-state index contributed by atoms with van der Waals surface area (Å²) in [6.45, 7) is 4.03. The molecule has 0 aliphatic heterocycles. The van der Waals surface area contributed by atoms with Crippen molar-refractivity contribution in [2.24, 2.45) is 5.41 Å². The molecule has 0 spiro atoms. The van der Waals surface area contributed by atoms with Gasteiger partial charge in [0.25, 0.3) is 0 Å². The van der Waals surface area contributed by atoms with E-state index in [1.807, 2.05) is 38.1 Å². The van der Waals surface area contributed by atoms with Crippen LogP contribution in [0.1, 0.15) is 20.3 Å². The lowest BCUT2D eigenvalue weighted by Crippen LogP contribution is -2.19. The smallest absolute Gasteiger partial charge is 0.126 e. The third kappa shape index (κ3) is 3.88. The maximum Gasteiger partial charge on any atom is 0.126 e. The molecule has 82 valence electrons. The van der Waals surface area contributed by atoms with Crippen LogP contribution < -0.4 is 0 Å². The van der Waals surface area contributed by atoms with Gasteiger partial charge in [-0.05, 0) is 30.7 Å². The Labute approximate surface area is 100 Å². The van der Waals surface area contributed by atoms with Crippen molar-refractivity contribution in [1.82, 2.24) is 0 Å². The average molecular weight is 243 g/mol. The van der Waals surface area contributed by atoms with Gasteiger partial charge in [0.2, 0.25) is 0 Å². The van der Waals surface area contributed by atoms with E-state index in [1.54, 1.807) is 11.8 Å². The largest absolute Gasteiger partial charge is 0.303 e. The summed E-state index contributed by atoms with van der Waals surface area (Å²) in [5.41, 5.74) is -0.218. The number of carbonyl (C=O) groups excluding carboxylic acids is 1. The maximum atomic E-state index is 10.9. The summed E-state index contributed by atoms with van der Waals surface area (Å²) in [5, 5.41) is 0.744. The van der Waals surface area contributed by atoms with Crippen LogP contribution in [0.15, 0.2) is 29.2 Å². The molecule has 0 amide bonds. The first-order valence-electron chi connectivity index (χ1n) is 4.94. The third-order valence-electron chi connectivity index (χ3n) is 2.47. The molecule has 0 saturated carbocycles. The van der Waals surface area contributed by atoms with Crippen molar-refractivity contribution in [2.75, 3.05) is 5.75 Å². The molecular formula is C12H15ClOS. The van der Waals surface area contributed by atoms with Gasteiger partial charge >= 0.3 is 0 Å². The van der Waals surface area contributed by atoms with Crippen LogP contribution in [-0.2, 0) is 4.79 Å². The first-order chi connectivity index (χ1) is 7.09. The highest BCUT2D eigenvalue weighted by Gasteiger charge is 2.20. The Morgan fingerprint density at radius 2 is 2.00 bits per heavy atom. The molecule has 1 rings (SSSR count). The van der Waals surface area contributed by atoms with Crippen molar-refractivity contribution >= 4 is 29.6 Å². The summed E-state index contributed by atoms with van der Waals surface area (Å²) in [6.07, 6.45) is 1.92. The van der Waals surface area contributed by atoms with E-state index in [1.165, 1.54) is 0 Å². The van der Waals surface area contributed by atoms with Crippen molar-refractivity contribution in [2.45, 2.75) is 25.2 Å². The summed E-state index contributed by atoms with van der Waals surface area (Å²) < 4.78 is 0. The van der Waals surface area contributed by atoms with Crippen molar-refractivity contribution in [1.29, 1.82) is 0 Å². The summed E-state index contributed by atoms with van der Waals surface area (Å²) in [4.78, 5) is 12.1. The van der Waals surface area contributed by atoms with Gasteiger partial charge in [-0.15, -0.1) is 11.8 Å². The molecule has 15 heavy (non-hydrogen) atoms. The molecule has 0 aromatic heterocycles. The van der Waals surface area contributed by atoms with E-state index in [9.17, 15) is 4.79 Å². The molecule has 1 atom stereocenters. The fourth-order valence-corrected chi connectivity index (χ4v) is 2.22. The monoisotopic (exact) mass is 242 g/mol. The Morgan fingerprint density at radius 3 is 2.47 bits per heavy atom. The minimum Gasteiger partial charge on any atom is -0.303 e. The van der Waals surface area contributed by atoms with E-state index in [0.29, 0.717) is 0 Å². The molecule has 1 aromatic carbocycles. The van der Waals surface area contributed by atoms with Crippen LogP contribution in [0.4, 0.5) is 0 Å². The molecule has 1 aromatic rings. The predicted octanol–water partition coefficient (Wildman–Crippen LogP) is 4.05. The summed E-state index contributed by atoms with van der Waals surface area (Å²) in [6, 6.07) is 7.70. The van der Waals surface area contributed by atoms with E-state index in [2.05, 4.69) is 0 Å². The quantitative estimate of drug-likeness (QED) is 0.573. The molecule has 0 N–H and O–H groups in total. The fraction of sp³-hybridized carbons (Fsp3) is 0.417. The van der Waals surface area contributed by atoms with Gasteiger partial charge in [-0.2, -0.15) is 0 Å². The van der Waals surface area contributed by atoms with Crippen LogP contribution in [0.2, 0.25) is 5.02 Å². The Morgan fingerprint density at radius 1 is 1.40 bits per heavy atom. The zero-order valence-corrected chi connectivity index (χ0v) is 10.6. The summed E-state index contributed by atoms with van der Waals surface area (Å²) in [7, 11) is 0. The molecule has 0 radical (unpaired) electrons. The zero-order valence-electron chi connectivity index (χ0n) is 9.00. The average Bonchev–Trinajstić information content (AvgIpc) is 2.28. The summed E-state index contributed by atoms with van der Waals surface area (Å²) >= 11 is 7.49. The van der Waals surface area contributed by atoms with E-state index >= 15 is 0 Å². The van der Waals surface area contributed by atoms with Crippen molar-refractivity contribution < 1.29 is 4.79 Å². The van der Waals surface area contributed by atoms with E-state index < -0.39 is 0 Å². The Bertz CT molecular complexity index is 323. The van der Waals surface area contributed by atoms with Gasteiger partial charge in [0.15, 0.2) is 0 Å². The number of hydrogen-bond donors (Lipinski definition) is 0. The first-order valence-corrected chi connectivity index (χ1v) is 6.31. The third-order valence-corrected chi connectivity index (χ3v) is 4.14. The van der Waals surface area contributed by atoms with Crippen molar-refractivity contribution in [3.63, 3.8) is 0 Å². The Balaban J connectivity index is 2.56. The van der Waals surface area contributed by atoms with E-state index in [-0.39, 0.29) is 5.41 Å². The van der Waals surface area contributed by atoms with E-state index in [0.717, 1.165) is 28.4 Å². The normalized spacial score (nSPS) is 14.6. The second-order valence-electron chi connectivity index (χ2n) is 3.87. The molecule has 3 heteroatoms. The minimum absolute atomic E-state index is 0.218. The van der Waals surface area contributed by atoms with Crippen LogP contribution >= 0.6 is 23.4 Å². The minimum atomic E-state index is -0.218. The highest BCUT2D eigenvalue weighted by atomic mass is 35.5. The van der Waals surface area contributed by atoms with Crippen LogP contribution in [0.25, 0.3) is 0 Å². The van der Waals surface area contributed by atoms with Crippen LogP contribution in [0.3, 0.4) is 0 Å². The molecule has 0 aliphatic rings. The second-order valence-corrected chi connectivity index (χ2v) is 5.35. The molecule has 1 nitrogen and oxygen atoms in total. The van der Waals surface area contributed by atoms with Crippen molar-refractivity contribution in [3.8, 4) is 0 Å². The van der Waals surface area contributed by atoms with Crippen LogP contribution in [-0.4, -0.2) is 12.0 Å². The second kappa shape index (κ2) is 5.57. The maximum absolute atomic E-state index is 10.9. The fourth-order valence-electron chi connectivity index (χ4n) is 0.998. The number of halogens is 1. The van der Waals surface area contributed by atoms with Gasteiger partial charge in [0.1, 0.15) is 6.29 Å². The number of hydrogen-bond acceptors (Lipinski definition) is 2. The van der Waals surface area contributed by atoms with Crippen LogP contribution in [0, 0.1) is 5.41 Å².